The molecule has 0 aliphatic carbocycles. The minimum atomic E-state index is 0.258. The Balaban J connectivity index is 2.18. The largest absolute Gasteiger partial charge is 0.339 e. The Bertz CT molecular complexity index is 800. The predicted molar refractivity (Wildman–Crippen MR) is 89.3 cm³/mol. The van der Waals surface area contributed by atoms with Crippen molar-refractivity contribution in [1.82, 2.24) is 9.97 Å². The molecule has 6 heteroatoms. The van der Waals surface area contributed by atoms with E-state index in [2.05, 4.69) is 45.1 Å². The van der Waals surface area contributed by atoms with Crippen LogP contribution in [0.15, 0.2) is 28.7 Å². The van der Waals surface area contributed by atoms with E-state index in [1.165, 1.54) is 10.4 Å². The Morgan fingerprint density at radius 3 is 2.70 bits per heavy atom. The molecular formula is C14H11BrClN3S. The van der Waals surface area contributed by atoms with Crippen molar-refractivity contribution in [3.63, 3.8) is 0 Å². The molecule has 0 fully saturated rings. The first kappa shape index (κ1) is 13.8. The maximum Gasteiger partial charge on any atom is 0.225 e. The van der Waals surface area contributed by atoms with E-state index < -0.39 is 0 Å². The lowest BCUT2D eigenvalue weighted by molar-refractivity contribution is 1.22. The van der Waals surface area contributed by atoms with Gasteiger partial charge in [-0.3, -0.25) is 0 Å². The van der Waals surface area contributed by atoms with E-state index in [1.807, 2.05) is 24.3 Å². The first-order valence-corrected chi connectivity index (χ1v) is 8.00. The standard InChI is InChI=1S/C14H11BrClN3S/c1-7-8(2)20-13-11(7)12(18-14(16)19-13)17-10-6-4-3-5-9(10)15/h3-6H,1-2H3,(H,17,18,19). The molecule has 0 saturated heterocycles. The molecule has 0 amide bonds. The molecule has 2 heterocycles. The van der Waals surface area contributed by atoms with Crippen LogP contribution in [0, 0.1) is 13.8 Å². The van der Waals surface area contributed by atoms with Gasteiger partial charge in [0.1, 0.15) is 10.6 Å². The van der Waals surface area contributed by atoms with E-state index in [0.29, 0.717) is 0 Å². The number of aromatic nitrogens is 2. The average molecular weight is 369 g/mol. The number of rotatable bonds is 2. The van der Waals surface area contributed by atoms with Crippen LogP contribution in [0.1, 0.15) is 10.4 Å². The van der Waals surface area contributed by atoms with E-state index in [-0.39, 0.29) is 5.28 Å². The minimum absolute atomic E-state index is 0.258. The first-order chi connectivity index (χ1) is 9.56. The van der Waals surface area contributed by atoms with Gasteiger partial charge in [0.15, 0.2) is 0 Å². The number of thiophene rings is 1. The van der Waals surface area contributed by atoms with Crippen LogP contribution in [-0.2, 0) is 0 Å². The zero-order valence-corrected chi connectivity index (χ0v) is 14.0. The van der Waals surface area contributed by atoms with Gasteiger partial charge in [0.2, 0.25) is 5.28 Å². The van der Waals surface area contributed by atoms with E-state index in [9.17, 15) is 0 Å². The Hall–Kier alpha value is -1.17. The van der Waals surface area contributed by atoms with Gasteiger partial charge in [-0.15, -0.1) is 11.3 Å². The van der Waals surface area contributed by atoms with Gasteiger partial charge in [-0.1, -0.05) is 12.1 Å². The van der Waals surface area contributed by atoms with Gasteiger partial charge in [0.05, 0.1) is 11.1 Å². The molecule has 0 aliphatic heterocycles. The van der Waals surface area contributed by atoms with Crippen molar-refractivity contribution in [2.24, 2.45) is 0 Å². The molecule has 3 aromatic rings. The van der Waals surface area contributed by atoms with E-state index in [0.717, 1.165) is 26.2 Å². The molecule has 2 aromatic heterocycles. The van der Waals surface area contributed by atoms with E-state index >= 15 is 0 Å². The monoisotopic (exact) mass is 367 g/mol. The molecule has 3 nitrogen and oxygen atoms in total. The van der Waals surface area contributed by atoms with Gasteiger partial charge in [-0.05, 0) is 59.1 Å². The maximum atomic E-state index is 6.02. The number of benzene rings is 1. The third-order valence-corrected chi connectivity index (χ3v) is 5.09. The Kier molecular flexibility index (Phi) is 3.67. The fourth-order valence-corrected chi connectivity index (χ4v) is 3.64. The van der Waals surface area contributed by atoms with Crippen LogP contribution in [-0.4, -0.2) is 9.97 Å². The molecule has 0 aliphatic rings. The number of aryl methyl sites for hydroxylation is 2. The van der Waals surface area contributed by atoms with Gasteiger partial charge >= 0.3 is 0 Å². The number of anilines is 2. The summed E-state index contributed by atoms with van der Waals surface area (Å²) in [5, 5.41) is 4.63. The van der Waals surface area contributed by atoms with E-state index in [1.54, 1.807) is 11.3 Å². The molecular weight excluding hydrogens is 358 g/mol. The van der Waals surface area contributed by atoms with Gasteiger partial charge in [0, 0.05) is 9.35 Å². The molecule has 20 heavy (non-hydrogen) atoms. The van der Waals surface area contributed by atoms with E-state index in [4.69, 9.17) is 11.6 Å². The minimum Gasteiger partial charge on any atom is -0.339 e. The highest BCUT2D eigenvalue weighted by Crippen LogP contribution is 2.36. The fourth-order valence-electron chi connectivity index (χ4n) is 2.00. The molecule has 0 radical (unpaired) electrons. The van der Waals surface area contributed by atoms with Crippen LogP contribution in [0.5, 0.6) is 0 Å². The number of hydrogen-bond donors (Lipinski definition) is 1. The number of hydrogen-bond acceptors (Lipinski definition) is 4. The molecule has 0 bridgehead atoms. The highest BCUT2D eigenvalue weighted by molar-refractivity contribution is 9.10. The van der Waals surface area contributed by atoms with Gasteiger partial charge < -0.3 is 5.32 Å². The summed E-state index contributed by atoms with van der Waals surface area (Å²) in [6.07, 6.45) is 0. The first-order valence-electron chi connectivity index (χ1n) is 6.01. The molecule has 1 N–H and O–H groups in total. The average Bonchev–Trinajstić information content (AvgIpc) is 2.67. The van der Waals surface area contributed by atoms with Crippen molar-refractivity contribution in [3.8, 4) is 0 Å². The van der Waals surface area contributed by atoms with Crippen molar-refractivity contribution in [2.45, 2.75) is 13.8 Å². The predicted octanol–water partition coefficient (Wildman–Crippen LogP) is 5.47. The van der Waals surface area contributed by atoms with Crippen molar-refractivity contribution in [3.05, 3.63) is 44.5 Å². The van der Waals surface area contributed by atoms with Crippen molar-refractivity contribution in [1.29, 1.82) is 0 Å². The number of para-hydroxylation sites is 1. The van der Waals surface area contributed by atoms with Crippen molar-refractivity contribution < 1.29 is 0 Å². The van der Waals surface area contributed by atoms with Crippen molar-refractivity contribution >= 4 is 60.6 Å². The zero-order chi connectivity index (χ0) is 14.3. The smallest absolute Gasteiger partial charge is 0.225 e. The molecule has 0 saturated carbocycles. The molecule has 1 aromatic carbocycles. The van der Waals surface area contributed by atoms with Crippen LogP contribution >= 0.6 is 38.9 Å². The summed E-state index contributed by atoms with van der Waals surface area (Å²) in [6.45, 7) is 4.16. The summed E-state index contributed by atoms with van der Waals surface area (Å²) in [7, 11) is 0. The normalized spacial score (nSPS) is 11.0. The van der Waals surface area contributed by atoms with Gasteiger partial charge in [-0.2, -0.15) is 4.98 Å². The molecule has 0 spiro atoms. The zero-order valence-electron chi connectivity index (χ0n) is 10.9. The maximum absolute atomic E-state index is 6.02. The summed E-state index contributed by atoms with van der Waals surface area (Å²) in [5.41, 5.74) is 2.14. The van der Waals surface area contributed by atoms with Gasteiger partial charge in [-0.25, -0.2) is 4.98 Å². The number of fused-ring (bicyclic) bond motifs is 1. The molecule has 3 rings (SSSR count). The molecule has 102 valence electrons. The molecule has 0 atom stereocenters. The Morgan fingerprint density at radius 1 is 1.20 bits per heavy atom. The SMILES string of the molecule is Cc1sc2nc(Cl)nc(Nc3ccccc3Br)c2c1C. The van der Waals surface area contributed by atoms with Crippen molar-refractivity contribution in [2.75, 3.05) is 5.32 Å². The third kappa shape index (κ3) is 2.41. The second-order valence-electron chi connectivity index (χ2n) is 4.41. The van der Waals surface area contributed by atoms with Crippen LogP contribution in [0.25, 0.3) is 10.2 Å². The Labute approximate surface area is 134 Å². The summed E-state index contributed by atoms with van der Waals surface area (Å²) in [5.74, 6) is 0.744. The highest BCUT2D eigenvalue weighted by Gasteiger charge is 2.14. The summed E-state index contributed by atoms with van der Waals surface area (Å²) < 4.78 is 0.979. The lowest BCUT2D eigenvalue weighted by Gasteiger charge is -2.09. The lowest BCUT2D eigenvalue weighted by Crippen LogP contribution is -1.97. The fraction of sp³-hybridized carbons (Fsp3) is 0.143. The van der Waals surface area contributed by atoms with Crippen LogP contribution in [0.3, 0.4) is 0 Å². The second kappa shape index (κ2) is 5.31. The summed E-state index contributed by atoms with van der Waals surface area (Å²) in [6, 6.07) is 7.91. The van der Waals surface area contributed by atoms with Crippen LogP contribution in [0.2, 0.25) is 5.28 Å². The topological polar surface area (TPSA) is 37.8 Å². The van der Waals surface area contributed by atoms with Gasteiger partial charge in [0.25, 0.3) is 0 Å². The quantitative estimate of drug-likeness (QED) is 0.610. The number of nitrogens with one attached hydrogen (secondary N) is 1. The number of nitrogens with zero attached hydrogens (tertiary/aromatic N) is 2. The summed E-state index contributed by atoms with van der Waals surface area (Å²) in [4.78, 5) is 10.8. The number of halogens is 2. The van der Waals surface area contributed by atoms with Crippen LogP contribution < -0.4 is 5.32 Å². The highest BCUT2D eigenvalue weighted by atomic mass is 79.9. The third-order valence-electron chi connectivity index (χ3n) is 3.13. The van der Waals surface area contributed by atoms with Crippen LogP contribution in [0.4, 0.5) is 11.5 Å². The summed E-state index contributed by atoms with van der Waals surface area (Å²) >= 11 is 11.2. The Morgan fingerprint density at radius 2 is 1.95 bits per heavy atom. The molecule has 0 unspecified atom stereocenters. The lowest BCUT2D eigenvalue weighted by atomic mass is 10.2. The second-order valence-corrected chi connectivity index (χ2v) is 6.81.